The minimum atomic E-state index is -0.877. The summed E-state index contributed by atoms with van der Waals surface area (Å²) in [4.78, 5) is 36.3. The Labute approximate surface area is 255 Å². The monoisotopic (exact) mass is 576 g/mol. The molecular weight excluding hydrogens is 532 g/mol. The van der Waals surface area contributed by atoms with Gasteiger partial charge in [0.1, 0.15) is 5.54 Å². The van der Waals surface area contributed by atoms with Gasteiger partial charge in [-0.3, -0.25) is 9.59 Å². The first-order valence-electron chi connectivity index (χ1n) is 15.6. The van der Waals surface area contributed by atoms with Gasteiger partial charge >= 0.3 is 0 Å². The average Bonchev–Trinajstić information content (AvgIpc) is 3.35. The number of carbonyl (C=O) groups excluding carboxylic acids is 2. The summed E-state index contributed by atoms with van der Waals surface area (Å²) in [6.45, 7) is 7.14. The van der Waals surface area contributed by atoms with Crippen LogP contribution in [0.5, 0.6) is 0 Å². The Morgan fingerprint density at radius 1 is 0.907 bits per heavy atom. The standard InChI is InChI=1S/C37H44N4O2/c1-25-33(29-15-9-10-16-31(29)38-25)34-30(36(34,2)3)23-32(42)41(24-26-13-7-6-8-14-26)37(21-11-12-22-37)35(43)39-27-17-19-28(20-18-27)40(4)5/h6-10,13-20,30,34,38H,11-12,21-24H2,1-5H3,(H,39,43)/t30-,34+/m0/s1. The molecule has 2 saturated carbocycles. The van der Waals surface area contributed by atoms with Gasteiger partial charge in [0.05, 0.1) is 0 Å². The van der Waals surface area contributed by atoms with Crippen molar-refractivity contribution in [2.75, 3.05) is 24.3 Å². The molecule has 2 atom stereocenters. The maximum Gasteiger partial charge on any atom is 0.250 e. The molecule has 2 aliphatic carbocycles. The van der Waals surface area contributed by atoms with Gasteiger partial charge in [-0.05, 0) is 78.5 Å². The molecule has 0 spiro atoms. The van der Waals surface area contributed by atoms with Crippen molar-refractivity contribution in [3.8, 4) is 0 Å². The number of anilines is 2. The largest absolute Gasteiger partial charge is 0.378 e. The van der Waals surface area contributed by atoms with Crippen LogP contribution in [0.3, 0.4) is 0 Å². The van der Waals surface area contributed by atoms with Crippen LogP contribution in [-0.2, 0) is 16.1 Å². The van der Waals surface area contributed by atoms with Crippen molar-refractivity contribution < 1.29 is 9.59 Å². The first-order valence-corrected chi connectivity index (χ1v) is 15.6. The Hall–Kier alpha value is -4.06. The predicted molar refractivity (Wildman–Crippen MR) is 175 cm³/mol. The lowest BCUT2D eigenvalue weighted by atomic mass is 9.91. The number of nitrogens with zero attached hydrogens (tertiary/aromatic N) is 2. The second kappa shape index (κ2) is 11.2. The first-order chi connectivity index (χ1) is 20.6. The van der Waals surface area contributed by atoms with Gasteiger partial charge in [-0.15, -0.1) is 0 Å². The number of carbonyl (C=O) groups is 2. The minimum absolute atomic E-state index is 0.0108. The summed E-state index contributed by atoms with van der Waals surface area (Å²) in [5, 5.41) is 4.45. The summed E-state index contributed by atoms with van der Waals surface area (Å²) >= 11 is 0. The highest BCUT2D eigenvalue weighted by Gasteiger charge is 2.60. The van der Waals surface area contributed by atoms with E-state index >= 15 is 0 Å². The number of hydrogen-bond acceptors (Lipinski definition) is 3. The molecule has 2 N–H and O–H groups in total. The number of fused-ring (bicyclic) bond motifs is 1. The van der Waals surface area contributed by atoms with E-state index in [0.29, 0.717) is 25.8 Å². The number of aromatic nitrogens is 1. The molecule has 224 valence electrons. The fraction of sp³-hybridized carbons (Fsp3) is 0.405. The van der Waals surface area contributed by atoms with Gasteiger partial charge in [-0.2, -0.15) is 0 Å². The fourth-order valence-electron chi connectivity index (χ4n) is 7.61. The molecule has 1 heterocycles. The summed E-state index contributed by atoms with van der Waals surface area (Å²) in [6.07, 6.45) is 3.63. The normalized spacial score (nSPS) is 20.1. The van der Waals surface area contributed by atoms with E-state index in [0.717, 1.165) is 35.3 Å². The van der Waals surface area contributed by atoms with E-state index in [2.05, 4.69) is 67.5 Å². The third kappa shape index (κ3) is 5.32. The zero-order valence-electron chi connectivity index (χ0n) is 26.1. The van der Waals surface area contributed by atoms with Crippen LogP contribution in [0, 0.1) is 18.3 Å². The SMILES string of the molecule is Cc1[nH]c2ccccc2c1[C@H]1[C@H](CC(=O)N(Cc2ccccc2)C2(C(=O)Nc3ccc(N(C)C)cc3)CCCC2)C1(C)C. The molecule has 0 bridgehead atoms. The van der Waals surface area contributed by atoms with Gasteiger partial charge in [0.2, 0.25) is 11.8 Å². The molecule has 43 heavy (non-hydrogen) atoms. The van der Waals surface area contributed by atoms with E-state index in [-0.39, 0.29) is 29.1 Å². The van der Waals surface area contributed by atoms with E-state index in [1.807, 2.05) is 66.4 Å². The Morgan fingerprint density at radius 3 is 2.23 bits per heavy atom. The molecule has 6 rings (SSSR count). The van der Waals surface area contributed by atoms with Crippen LogP contribution in [-0.4, -0.2) is 41.3 Å². The molecule has 3 aromatic carbocycles. The Kier molecular flexibility index (Phi) is 7.57. The van der Waals surface area contributed by atoms with E-state index in [1.54, 1.807) is 0 Å². The van der Waals surface area contributed by atoms with Crippen molar-refractivity contribution >= 4 is 34.1 Å². The van der Waals surface area contributed by atoms with Gasteiger partial charge in [-0.1, -0.05) is 75.2 Å². The van der Waals surface area contributed by atoms with Crippen LogP contribution >= 0.6 is 0 Å². The van der Waals surface area contributed by atoms with Crippen LogP contribution in [0.25, 0.3) is 10.9 Å². The highest BCUT2D eigenvalue weighted by atomic mass is 16.2. The Balaban J connectivity index is 1.30. The predicted octanol–water partition coefficient (Wildman–Crippen LogP) is 7.65. The third-order valence-corrected chi connectivity index (χ3v) is 10.2. The van der Waals surface area contributed by atoms with E-state index in [9.17, 15) is 9.59 Å². The lowest BCUT2D eigenvalue weighted by molar-refractivity contribution is -0.146. The first kappa shape index (κ1) is 29.0. The molecule has 6 nitrogen and oxygen atoms in total. The van der Waals surface area contributed by atoms with Gasteiger partial charge < -0.3 is 20.1 Å². The quantitative estimate of drug-likeness (QED) is 0.215. The molecule has 4 aromatic rings. The molecule has 1 aromatic heterocycles. The smallest absolute Gasteiger partial charge is 0.250 e. The van der Waals surface area contributed by atoms with E-state index in [1.165, 1.54) is 16.6 Å². The zero-order chi connectivity index (χ0) is 30.4. The topological polar surface area (TPSA) is 68.4 Å². The summed E-state index contributed by atoms with van der Waals surface area (Å²) in [6, 6.07) is 26.5. The van der Waals surface area contributed by atoms with Crippen LogP contribution < -0.4 is 10.2 Å². The number of nitrogens with one attached hydrogen (secondary N) is 2. The van der Waals surface area contributed by atoms with Gasteiger partial charge in [0.15, 0.2) is 0 Å². The maximum absolute atomic E-state index is 14.6. The zero-order valence-corrected chi connectivity index (χ0v) is 26.1. The third-order valence-electron chi connectivity index (χ3n) is 10.2. The molecule has 6 heteroatoms. The number of aryl methyl sites for hydroxylation is 1. The van der Waals surface area contributed by atoms with Crippen LogP contribution in [0.1, 0.15) is 68.7 Å². The van der Waals surface area contributed by atoms with Gasteiger partial charge in [-0.25, -0.2) is 0 Å². The molecular formula is C37H44N4O2. The Bertz CT molecular complexity index is 1610. The average molecular weight is 577 g/mol. The number of aromatic amines is 1. The number of H-pyrrole nitrogens is 1. The molecule has 0 radical (unpaired) electrons. The summed E-state index contributed by atoms with van der Waals surface area (Å²) in [5.74, 6) is 0.485. The number of benzene rings is 3. The van der Waals surface area contributed by atoms with Crippen molar-refractivity contribution in [3.63, 3.8) is 0 Å². The van der Waals surface area contributed by atoms with Crippen LogP contribution in [0.15, 0.2) is 78.9 Å². The van der Waals surface area contributed by atoms with E-state index in [4.69, 9.17) is 0 Å². The summed E-state index contributed by atoms with van der Waals surface area (Å²) < 4.78 is 0. The number of amides is 2. The van der Waals surface area contributed by atoms with Gasteiger partial charge in [0.25, 0.3) is 0 Å². The highest BCUT2D eigenvalue weighted by Crippen LogP contribution is 2.67. The minimum Gasteiger partial charge on any atom is -0.378 e. The van der Waals surface area contributed by atoms with Crippen molar-refractivity contribution in [3.05, 3.63) is 95.7 Å². The second-order valence-corrected chi connectivity index (χ2v) is 13.4. The van der Waals surface area contributed by atoms with E-state index < -0.39 is 5.54 Å². The second-order valence-electron chi connectivity index (χ2n) is 13.4. The van der Waals surface area contributed by atoms with Crippen LogP contribution in [0.4, 0.5) is 11.4 Å². The van der Waals surface area contributed by atoms with Crippen molar-refractivity contribution in [2.45, 2.75) is 70.9 Å². The molecule has 0 aliphatic heterocycles. The molecule has 0 saturated heterocycles. The summed E-state index contributed by atoms with van der Waals surface area (Å²) in [5.41, 5.74) is 5.65. The number of rotatable bonds is 9. The molecule has 2 fully saturated rings. The lowest BCUT2D eigenvalue weighted by Gasteiger charge is -2.40. The lowest BCUT2D eigenvalue weighted by Crippen LogP contribution is -2.57. The van der Waals surface area contributed by atoms with Crippen LogP contribution in [0.2, 0.25) is 0 Å². The van der Waals surface area contributed by atoms with Gasteiger partial charge in [0, 0.05) is 55.0 Å². The maximum atomic E-state index is 14.6. The molecule has 2 aliphatic rings. The molecule has 0 unspecified atom stereocenters. The number of para-hydroxylation sites is 1. The molecule has 2 amide bonds. The Morgan fingerprint density at radius 2 is 1.56 bits per heavy atom. The highest BCUT2D eigenvalue weighted by molar-refractivity contribution is 6.01. The van der Waals surface area contributed by atoms with Crippen molar-refractivity contribution in [2.24, 2.45) is 11.3 Å². The van der Waals surface area contributed by atoms with Crippen molar-refractivity contribution in [1.29, 1.82) is 0 Å². The van der Waals surface area contributed by atoms with Crippen molar-refractivity contribution in [1.82, 2.24) is 9.88 Å². The fourth-order valence-corrected chi connectivity index (χ4v) is 7.61. The number of hydrogen-bond donors (Lipinski definition) is 2. The summed E-state index contributed by atoms with van der Waals surface area (Å²) in [7, 11) is 4.00.